The number of aromatic nitrogens is 2. The van der Waals surface area contributed by atoms with E-state index in [0.29, 0.717) is 28.4 Å². The number of carboxylic acids is 1. The first kappa shape index (κ1) is 29.2. The molecule has 5 rings (SSSR count). The predicted molar refractivity (Wildman–Crippen MR) is 167 cm³/mol. The Bertz CT molecular complexity index is 1790. The fraction of sp³-hybridized carbons (Fsp3) is 0.206. The molecule has 5 aromatic rings. The van der Waals surface area contributed by atoms with Crippen molar-refractivity contribution in [2.75, 3.05) is 19.5 Å². The minimum atomic E-state index is -1.00. The number of nitrogens with zero attached hydrogens (tertiary/aromatic N) is 2. The maximum Gasteiger partial charge on any atom is 0.305 e. The number of carboxylic acid groups (broad SMARTS) is 1. The van der Waals surface area contributed by atoms with E-state index in [1.807, 2.05) is 85.8 Å². The zero-order valence-electron chi connectivity index (χ0n) is 24.8. The van der Waals surface area contributed by atoms with Crippen LogP contribution in [0.25, 0.3) is 16.9 Å². The summed E-state index contributed by atoms with van der Waals surface area (Å²) >= 11 is 0. The summed E-state index contributed by atoms with van der Waals surface area (Å²) in [6, 6.07) is 21.9. The van der Waals surface area contributed by atoms with Gasteiger partial charge < -0.3 is 25.2 Å². The van der Waals surface area contributed by atoms with Crippen LogP contribution in [0.1, 0.15) is 45.1 Å². The highest BCUT2D eigenvalue weighted by atomic mass is 16.5. The number of amides is 1. The van der Waals surface area contributed by atoms with Crippen molar-refractivity contribution < 1.29 is 24.2 Å². The van der Waals surface area contributed by atoms with E-state index in [9.17, 15) is 14.7 Å². The molecule has 0 aliphatic rings. The van der Waals surface area contributed by atoms with E-state index in [2.05, 4.69) is 10.6 Å². The third-order valence-corrected chi connectivity index (χ3v) is 7.43. The van der Waals surface area contributed by atoms with Gasteiger partial charge in [-0.15, -0.1) is 0 Å². The average Bonchev–Trinajstić information content (AvgIpc) is 3.36. The number of pyridine rings is 1. The number of carbonyl (C=O) groups excluding carboxylic acids is 1. The zero-order valence-corrected chi connectivity index (χ0v) is 24.8. The molecule has 1 amide bonds. The Balaban J connectivity index is 1.57. The lowest BCUT2D eigenvalue weighted by molar-refractivity contribution is -0.137. The highest BCUT2D eigenvalue weighted by Crippen LogP contribution is 2.37. The third-order valence-electron chi connectivity index (χ3n) is 7.43. The molecular weight excluding hydrogens is 544 g/mol. The number of hydrogen-bond donors (Lipinski definition) is 3. The monoisotopic (exact) mass is 578 g/mol. The molecule has 0 aliphatic carbocycles. The molecule has 0 bridgehead atoms. The summed E-state index contributed by atoms with van der Waals surface area (Å²) in [5, 5.41) is 16.0. The van der Waals surface area contributed by atoms with Crippen molar-refractivity contribution in [1.29, 1.82) is 0 Å². The molecule has 1 unspecified atom stereocenters. The molecule has 3 N–H and O–H groups in total. The van der Waals surface area contributed by atoms with Crippen LogP contribution in [0.2, 0.25) is 0 Å². The molecule has 220 valence electrons. The van der Waals surface area contributed by atoms with Crippen LogP contribution in [0.3, 0.4) is 0 Å². The van der Waals surface area contributed by atoms with Gasteiger partial charge in [-0.3, -0.25) is 14.0 Å². The number of anilines is 2. The van der Waals surface area contributed by atoms with Crippen molar-refractivity contribution in [2.45, 2.75) is 33.2 Å². The Labute approximate surface area is 250 Å². The molecule has 0 aliphatic heterocycles. The molecule has 2 heterocycles. The van der Waals surface area contributed by atoms with E-state index in [0.717, 1.165) is 39.3 Å². The van der Waals surface area contributed by atoms with Gasteiger partial charge in [-0.05, 0) is 67.8 Å². The fourth-order valence-corrected chi connectivity index (χ4v) is 5.09. The van der Waals surface area contributed by atoms with Gasteiger partial charge in [-0.2, -0.15) is 0 Å². The van der Waals surface area contributed by atoms with Crippen molar-refractivity contribution in [2.24, 2.45) is 0 Å². The van der Waals surface area contributed by atoms with Crippen LogP contribution >= 0.6 is 0 Å². The van der Waals surface area contributed by atoms with Crippen LogP contribution in [0, 0.1) is 20.8 Å². The Morgan fingerprint density at radius 2 is 1.60 bits per heavy atom. The van der Waals surface area contributed by atoms with Crippen molar-refractivity contribution in [3.8, 4) is 22.8 Å². The smallest absolute Gasteiger partial charge is 0.305 e. The first-order valence-electron chi connectivity index (χ1n) is 13.9. The van der Waals surface area contributed by atoms with Gasteiger partial charge in [0.05, 0.1) is 26.7 Å². The van der Waals surface area contributed by atoms with Crippen molar-refractivity contribution in [1.82, 2.24) is 14.7 Å². The van der Waals surface area contributed by atoms with Gasteiger partial charge in [0.1, 0.15) is 17.2 Å². The summed E-state index contributed by atoms with van der Waals surface area (Å²) in [5.41, 5.74) is 7.22. The minimum Gasteiger partial charge on any atom is -0.493 e. The number of rotatable bonds is 10. The molecule has 0 fully saturated rings. The minimum absolute atomic E-state index is 0.242. The number of methoxy groups -OCH3 is 2. The van der Waals surface area contributed by atoms with Crippen LogP contribution < -0.4 is 20.1 Å². The van der Waals surface area contributed by atoms with Gasteiger partial charge in [-0.1, -0.05) is 48.0 Å². The molecule has 1 atom stereocenters. The molecule has 0 spiro atoms. The average molecular weight is 579 g/mol. The summed E-state index contributed by atoms with van der Waals surface area (Å²) in [6.07, 6.45) is 1.54. The normalized spacial score (nSPS) is 11.7. The first-order valence-corrected chi connectivity index (χ1v) is 13.9. The first-order chi connectivity index (χ1) is 20.7. The van der Waals surface area contributed by atoms with Gasteiger partial charge in [-0.25, -0.2) is 4.98 Å². The van der Waals surface area contributed by atoms with E-state index in [-0.39, 0.29) is 6.42 Å². The van der Waals surface area contributed by atoms with Crippen LogP contribution in [-0.4, -0.2) is 40.6 Å². The van der Waals surface area contributed by atoms with Crippen molar-refractivity contribution in [3.63, 3.8) is 0 Å². The molecule has 3 aromatic carbocycles. The molecule has 2 aromatic heterocycles. The number of ether oxygens (including phenoxy) is 2. The number of aryl methyl sites for hydroxylation is 3. The highest BCUT2D eigenvalue weighted by Gasteiger charge is 2.22. The van der Waals surface area contributed by atoms with E-state index in [1.54, 1.807) is 32.5 Å². The SMILES string of the molecule is COc1ccc(-c2nc3cc(C(=O)NC(CC(=O)O)c4ccc(C)cc4)ccn3c2Nc2c(C)cccc2C)cc1OC. The van der Waals surface area contributed by atoms with Crippen molar-refractivity contribution in [3.05, 3.63) is 107 Å². The Kier molecular flexibility index (Phi) is 8.34. The number of benzene rings is 3. The summed E-state index contributed by atoms with van der Waals surface area (Å²) in [7, 11) is 3.17. The number of fused-ring (bicyclic) bond motifs is 1. The van der Waals surface area contributed by atoms with E-state index < -0.39 is 17.9 Å². The lowest BCUT2D eigenvalue weighted by Gasteiger charge is -2.18. The van der Waals surface area contributed by atoms with Gasteiger partial charge in [0.2, 0.25) is 0 Å². The quantitative estimate of drug-likeness (QED) is 0.170. The molecule has 0 saturated heterocycles. The van der Waals surface area contributed by atoms with Crippen LogP contribution in [0.4, 0.5) is 11.5 Å². The lowest BCUT2D eigenvalue weighted by Crippen LogP contribution is -2.30. The zero-order chi connectivity index (χ0) is 30.7. The highest BCUT2D eigenvalue weighted by molar-refractivity contribution is 5.96. The molecule has 43 heavy (non-hydrogen) atoms. The second-order valence-electron chi connectivity index (χ2n) is 10.4. The van der Waals surface area contributed by atoms with Crippen molar-refractivity contribution >= 4 is 29.0 Å². The summed E-state index contributed by atoms with van der Waals surface area (Å²) in [6.45, 7) is 6.03. The third kappa shape index (κ3) is 6.16. The number of aliphatic carboxylic acids is 1. The van der Waals surface area contributed by atoms with Crippen LogP contribution in [-0.2, 0) is 4.79 Å². The maximum absolute atomic E-state index is 13.4. The summed E-state index contributed by atoms with van der Waals surface area (Å²) in [4.78, 5) is 30.0. The predicted octanol–water partition coefficient (Wildman–Crippen LogP) is 6.63. The maximum atomic E-state index is 13.4. The van der Waals surface area contributed by atoms with Crippen LogP contribution in [0.5, 0.6) is 11.5 Å². The number of nitrogens with one attached hydrogen (secondary N) is 2. The molecule has 0 radical (unpaired) electrons. The molecular formula is C34H34N4O5. The van der Waals surface area contributed by atoms with Gasteiger partial charge >= 0.3 is 5.97 Å². The molecule has 9 nitrogen and oxygen atoms in total. The fourth-order valence-electron chi connectivity index (χ4n) is 5.09. The number of hydrogen-bond acceptors (Lipinski definition) is 6. The standard InChI is InChI=1S/C34H34N4O5/c1-20-9-11-23(12-10-20)26(19-30(39)40)35-34(41)25-15-16-38-29(18-25)36-32(24-13-14-27(42-4)28(17-24)43-5)33(38)37-31-21(2)7-6-8-22(31)3/h6-18,26,37H,19H2,1-5H3,(H,35,41)(H,39,40). The van der Waals surface area contributed by atoms with Gasteiger partial charge in [0.25, 0.3) is 5.91 Å². The number of imidazole rings is 1. The largest absolute Gasteiger partial charge is 0.493 e. The van der Waals surface area contributed by atoms with Gasteiger partial charge in [0.15, 0.2) is 11.5 Å². The van der Waals surface area contributed by atoms with E-state index in [1.165, 1.54) is 0 Å². The molecule has 9 heteroatoms. The summed E-state index contributed by atoms with van der Waals surface area (Å²) in [5.74, 6) is 0.485. The molecule has 0 saturated carbocycles. The van der Waals surface area contributed by atoms with E-state index in [4.69, 9.17) is 14.5 Å². The van der Waals surface area contributed by atoms with E-state index >= 15 is 0 Å². The second kappa shape index (κ2) is 12.3. The lowest BCUT2D eigenvalue weighted by atomic mass is 10.0. The van der Waals surface area contributed by atoms with Gasteiger partial charge in [0, 0.05) is 23.0 Å². The Morgan fingerprint density at radius 1 is 0.907 bits per heavy atom. The number of para-hydroxylation sites is 1. The van der Waals surface area contributed by atoms with Crippen LogP contribution in [0.15, 0.2) is 79.0 Å². The number of carbonyl (C=O) groups is 2. The topological polar surface area (TPSA) is 114 Å². The second-order valence-corrected chi connectivity index (χ2v) is 10.4. The Morgan fingerprint density at radius 3 is 2.26 bits per heavy atom. The Hall–Kier alpha value is -5.31. The summed E-state index contributed by atoms with van der Waals surface area (Å²) < 4.78 is 12.9.